The normalized spacial score (nSPS) is 10.8. The molecule has 0 aliphatic heterocycles. The van der Waals surface area contributed by atoms with Crippen molar-refractivity contribution in [2.24, 2.45) is 5.73 Å². The summed E-state index contributed by atoms with van der Waals surface area (Å²) in [6.07, 6.45) is 0.615. The van der Waals surface area contributed by atoms with Gasteiger partial charge in [0, 0.05) is 0 Å². The lowest BCUT2D eigenvalue weighted by atomic mass is 10.0. The van der Waals surface area contributed by atoms with E-state index in [9.17, 15) is 4.39 Å². The third kappa shape index (κ3) is 2.52. The third-order valence-corrected chi connectivity index (χ3v) is 2.16. The van der Waals surface area contributed by atoms with E-state index in [2.05, 4.69) is 13.8 Å². The van der Waals surface area contributed by atoms with Gasteiger partial charge in [0.15, 0.2) is 0 Å². The van der Waals surface area contributed by atoms with Crippen molar-refractivity contribution in [1.29, 1.82) is 0 Å². The summed E-state index contributed by atoms with van der Waals surface area (Å²) in [6, 6.07) is 5.41. The van der Waals surface area contributed by atoms with Crippen LogP contribution in [0.1, 0.15) is 30.9 Å². The minimum absolute atomic E-state index is 0.128. The molecule has 72 valence electrons. The van der Waals surface area contributed by atoms with Gasteiger partial charge in [0.25, 0.3) is 0 Å². The second-order valence-electron chi connectivity index (χ2n) is 3.54. The Morgan fingerprint density at radius 2 is 2.08 bits per heavy atom. The van der Waals surface area contributed by atoms with Crippen LogP contribution in [0.5, 0.6) is 0 Å². The lowest BCUT2D eigenvalue weighted by Crippen LogP contribution is -2.05. The molecule has 0 heterocycles. The monoisotopic (exact) mass is 181 g/mol. The van der Waals surface area contributed by atoms with E-state index in [0.717, 1.165) is 5.56 Å². The maximum atomic E-state index is 13.3. The zero-order valence-electron chi connectivity index (χ0n) is 8.18. The molecule has 1 aromatic carbocycles. The van der Waals surface area contributed by atoms with Crippen LogP contribution in [-0.2, 0) is 6.42 Å². The first kappa shape index (κ1) is 10.2. The fourth-order valence-electron chi connectivity index (χ4n) is 1.28. The van der Waals surface area contributed by atoms with Gasteiger partial charge in [-0.25, -0.2) is 4.39 Å². The predicted octanol–water partition coefficient (Wildman–Crippen LogP) is 2.45. The van der Waals surface area contributed by atoms with E-state index in [0.29, 0.717) is 24.4 Å². The van der Waals surface area contributed by atoms with Crippen molar-refractivity contribution in [3.05, 3.63) is 35.1 Å². The van der Waals surface area contributed by atoms with Gasteiger partial charge in [0.05, 0.1) is 0 Å². The molecule has 0 saturated carbocycles. The van der Waals surface area contributed by atoms with Crippen molar-refractivity contribution in [3.63, 3.8) is 0 Å². The van der Waals surface area contributed by atoms with Gasteiger partial charge in [-0.1, -0.05) is 26.0 Å². The number of rotatable bonds is 3. The predicted molar refractivity (Wildman–Crippen MR) is 53.2 cm³/mol. The molecule has 0 radical (unpaired) electrons. The van der Waals surface area contributed by atoms with Crippen LogP contribution in [0.25, 0.3) is 0 Å². The summed E-state index contributed by atoms with van der Waals surface area (Å²) in [6.45, 7) is 4.60. The smallest absolute Gasteiger partial charge is 0.126 e. The first-order valence-corrected chi connectivity index (χ1v) is 4.63. The van der Waals surface area contributed by atoms with E-state index in [4.69, 9.17) is 5.73 Å². The van der Waals surface area contributed by atoms with Crippen molar-refractivity contribution >= 4 is 0 Å². The zero-order valence-corrected chi connectivity index (χ0v) is 8.18. The highest BCUT2D eigenvalue weighted by Crippen LogP contribution is 2.17. The van der Waals surface area contributed by atoms with Gasteiger partial charge in [0.2, 0.25) is 0 Å². The van der Waals surface area contributed by atoms with Crippen LogP contribution in [-0.4, -0.2) is 6.54 Å². The molecule has 0 aromatic heterocycles. The molecule has 1 rings (SSSR count). The largest absolute Gasteiger partial charge is 0.330 e. The van der Waals surface area contributed by atoms with Crippen LogP contribution in [0, 0.1) is 5.82 Å². The Labute approximate surface area is 78.8 Å². The van der Waals surface area contributed by atoms with Crippen molar-refractivity contribution in [3.8, 4) is 0 Å². The van der Waals surface area contributed by atoms with E-state index in [1.54, 1.807) is 6.07 Å². The topological polar surface area (TPSA) is 26.0 Å². The second kappa shape index (κ2) is 4.38. The van der Waals surface area contributed by atoms with E-state index in [-0.39, 0.29) is 5.82 Å². The van der Waals surface area contributed by atoms with Crippen molar-refractivity contribution < 1.29 is 4.39 Å². The van der Waals surface area contributed by atoms with Gasteiger partial charge in [-0.15, -0.1) is 0 Å². The first-order valence-electron chi connectivity index (χ1n) is 4.63. The van der Waals surface area contributed by atoms with Crippen molar-refractivity contribution in [2.75, 3.05) is 6.54 Å². The number of hydrogen-bond donors (Lipinski definition) is 1. The van der Waals surface area contributed by atoms with Crippen LogP contribution >= 0.6 is 0 Å². The molecule has 0 saturated heterocycles. The van der Waals surface area contributed by atoms with Crippen molar-refractivity contribution in [1.82, 2.24) is 0 Å². The number of benzene rings is 1. The van der Waals surface area contributed by atoms with Gasteiger partial charge in [-0.3, -0.25) is 0 Å². The maximum Gasteiger partial charge on any atom is 0.126 e. The van der Waals surface area contributed by atoms with Gasteiger partial charge < -0.3 is 5.73 Å². The van der Waals surface area contributed by atoms with E-state index >= 15 is 0 Å². The lowest BCUT2D eigenvalue weighted by molar-refractivity contribution is 0.605. The summed E-state index contributed by atoms with van der Waals surface area (Å²) < 4.78 is 13.3. The maximum absolute atomic E-state index is 13.3. The lowest BCUT2D eigenvalue weighted by Gasteiger charge is -2.07. The van der Waals surface area contributed by atoms with Gasteiger partial charge in [0.1, 0.15) is 5.82 Å². The van der Waals surface area contributed by atoms with E-state index < -0.39 is 0 Å². The highest BCUT2D eigenvalue weighted by atomic mass is 19.1. The molecule has 0 aliphatic rings. The van der Waals surface area contributed by atoms with Crippen LogP contribution in [0.2, 0.25) is 0 Å². The molecule has 1 aromatic rings. The summed E-state index contributed by atoms with van der Waals surface area (Å²) in [7, 11) is 0. The van der Waals surface area contributed by atoms with Gasteiger partial charge in [-0.05, 0) is 36.1 Å². The van der Waals surface area contributed by atoms with E-state index in [1.807, 2.05) is 12.1 Å². The number of halogens is 1. The van der Waals surface area contributed by atoms with Crippen molar-refractivity contribution in [2.45, 2.75) is 26.2 Å². The highest BCUT2D eigenvalue weighted by molar-refractivity contribution is 5.26. The van der Waals surface area contributed by atoms with Gasteiger partial charge >= 0.3 is 0 Å². The fourth-order valence-corrected chi connectivity index (χ4v) is 1.28. The molecule has 1 nitrogen and oxygen atoms in total. The summed E-state index contributed by atoms with van der Waals surface area (Å²) in [4.78, 5) is 0. The van der Waals surface area contributed by atoms with Crippen LogP contribution in [0.15, 0.2) is 18.2 Å². The molecular formula is C11H16FN. The first-order chi connectivity index (χ1) is 6.15. The van der Waals surface area contributed by atoms with Crippen LogP contribution < -0.4 is 5.73 Å². The third-order valence-electron chi connectivity index (χ3n) is 2.16. The molecule has 2 heteroatoms. The fraction of sp³-hybridized carbons (Fsp3) is 0.455. The Morgan fingerprint density at radius 1 is 1.38 bits per heavy atom. The standard InChI is InChI=1S/C11H16FN/c1-8(2)10-4-3-9(5-6-13)11(12)7-10/h3-4,7-8H,5-6,13H2,1-2H3. The Hall–Kier alpha value is -0.890. The Bertz CT molecular complexity index is 281. The highest BCUT2D eigenvalue weighted by Gasteiger charge is 2.04. The van der Waals surface area contributed by atoms with Crippen LogP contribution in [0.3, 0.4) is 0 Å². The number of nitrogens with two attached hydrogens (primary N) is 1. The molecule has 2 N–H and O–H groups in total. The summed E-state index contributed by atoms with van der Waals surface area (Å²) >= 11 is 0. The molecule has 0 fully saturated rings. The van der Waals surface area contributed by atoms with Gasteiger partial charge in [-0.2, -0.15) is 0 Å². The average molecular weight is 181 g/mol. The Morgan fingerprint density at radius 3 is 2.54 bits per heavy atom. The zero-order chi connectivity index (χ0) is 9.84. The SMILES string of the molecule is CC(C)c1ccc(CCN)c(F)c1. The molecule has 13 heavy (non-hydrogen) atoms. The Kier molecular flexibility index (Phi) is 3.43. The quantitative estimate of drug-likeness (QED) is 0.761. The Balaban J connectivity index is 2.92. The van der Waals surface area contributed by atoms with E-state index in [1.165, 1.54) is 0 Å². The summed E-state index contributed by atoms with van der Waals surface area (Å²) in [5.41, 5.74) is 7.12. The minimum atomic E-state index is -0.128. The van der Waals surface area contributed by atoms with Crippen LogP contribution in [0.4, 0.5) is 4.39 Å². The minimum Gasteiger partial charge on any atom is -0.330 e. The molecule has 0 bridgehead atoms. The number of hydrogen-bond acceptors (Lipinski definition) is 1. The second-order valence-corrected chi connectivity index (χ2v) is 3.54. The molecular weight excluding hydrogens is 165 g/mol. The molecule has 0 unspecified atom stereocenters. The summed E-state index contributed by atoms with van der Waals surface area (Å²) in [5, 5.41) is 0. The molecule has 0 aliphatic carbocycles. The molecule has 0 amide bonds. The summed E-state index contributed by atoms with van der Waals surface area (Å²) in [5.74, 6) is 0.248. The molecule has 0 spiro atoms. The average Bonchev–Trinajstić information content (AvgIpc) is 2.08. The molecule has 0 atom stereocenters.